The molecule has 1 rings (SSSR count). The summed E-state index contributed by atoms with van der Waals surface area (Å²) in [4.78, 5) is 0. The Balaban J connectivity index is 2.11. The van der Waals surface area contributed by atoms with E-state index < -0.39 is 0 Å². The van der Waals surface area contributed by atoms with Gasteiger partial charge in [0.25, 0.3) is 0 Å². The molecule has 1 aliphatic heterocycles. The summed E-state index contributed by atoms with van der Waals surface area (Å²) in [6.45, 7) is 4.57. The number of hydrogen-bond donors (Lipinski definition) is 1. The molecule has 0 amide bonds. The SMILES string of the molecule is CSCC(C)C1NC1C. The molecule has 0 aromatic heterocycles. The molecule has 0 saturated carbocycles. The van der Waals surface area contributed by atoms with E-state index in [0.717, 1.165) is 18.0 Å². The molecular formula is C7H15NS. The van der Waals surface area contributed by atoms with E-state index >= 15 is 0 Å². The maximum absolute atomic E-state index is 3.40. The lowest BCUT2D eigenvalue weighted by Crippen LogP contribution is -2.09. The first-order valence-electron chi connectivity index (χ1n) is 3.50. The molecule has 3 unspecified atom stereocenters. The van der Waals surface area contributed by atoms with Crippen LogP contribution in [0.3, 0.4) is 0 Å². The monoisotopic (exact) mass is 145 g/mol. The van der Waals surface area contributed by atoms with Crippen LogP contribution in [0, 0.1) is 5.92 Å². The number of nitrogens with one attached hydrogen (secondary N) is 1. The highest BCUT2D eigenvalue weighted by Gasteiger charge is 2.35. The minimum absolute atomic E-state index is 0.784. The van der Waals surface area contributed by atoms with Crippen molar-refractivity contribution in [2.75, 3.05) is 12.0 Å². The molecular weight excluding hydrogens is 130 g/mol. The second-order valence-corrected chi connectivity index (χ2v) is 3.82. The van der Waals surface area contributed by atoms with Crippen LogP contribution in [0.2, 0.25) is 0 Å². The van der Waals surface area contributed by atoms with Gasteiger partial charge in [0.1, 0.15) is 0 Å². The first kappa shape index (κ1) is 7.42. The molecule has 1 saturated heterocycles. The van der Waals surface area contributed by atoms with Crippen LogP contribution >= 0.6 is 11.8 Å². The fourth-order valence-corrected chi connectivity index (χ4v) is 2.00. The first-order chi connectivity index (χ1) is 4.25. The van der Waals surface area contributed by atoms with Crippen molar-refractivity contribution >= 4 is 11.8 Å². The van der Waals surface area contributed by atoms with Gasteiger partial charge < -0.3 is 5.32 Å². The Bertz CT molecular complexity index is 94.9. The molecule has 1 fully saturated rings. The van der Waals surface area contributed by atoms with Gasteiger partial charge in [-0.3, -0.25) is 0 Å². The van der Waals surface area contributed by atoms with Gasteiger partial charge >= 0.3 is 0 Å². The highest BCUT2D eigenvalue weighted by molar-refractivity contribution is 7.98. The van der Waals surface area contributed by atoms with Crippen molar-refractivity contribution < 1.29 is 0 Å². The fourth-order valence-electron chi connectivity index (χ4n) is 1.27. The van der Waals surface area contributed by atoms with Gasteiger partial charge in [-0.25, -0.2) is 0 Å². The van der Waals surface area contributed by atoms with Crippen molar-refractivity contribution in [1.29, 1.82) is 0 Å². The van der Waals surface area contributed by atoms with E-state index in [4.69, 9.17) is 0 Å². The Morgan fingerprint density at radius 1 is 1.67 bits per heavy atom. The van der Waals surface area contributed by atoms with Crippen LogP contribution in [0.25, 0.3) is 0 Å². The topological polar surface area (TPSA) is 21.9 Å². The number of rotatable bonds is 3. The Labute approximate surface area is 61.6 Å². The maximum Gasteiger partial charge on any atom is 0.0255 e. The normalized spacial score (nSPS) is 36.3. The van der Waals surface area contributed by atoms with E-state index in [0.29, 0.717) is 0 Å². The molecule has 1 heterocycles. The van der Waals surface area contributed by atoms with Crippen LogP contribution in [-0.2, 0) is 0 Å². The highest BCUT2D eigenvalue weighted by Crippen LogP contribution is 2.21. The Morgan fingerprint density at radius 2 is 2.22 bits per heavy atom. The zero-order chi connectivity index (χ0) is 6.85. The molecule has 0 aliphatic carbocycles. The Morgan fingerprint density at radius 3 is 2.56 bits per heavy atom. The lowest BCUT2D eigenvalue weighted by molar-refractivity contribution is 0.632. The molecule has 0 aromatic rings. The van der Waals surface area contributed by atoms with Crippen molar-refractivity contribution in [3.63, 3.8) is 0 Å². The quantitative estimate of drug-likeness (QED) is 0.605. The van der Waals surface area contributed by atoms with Gasteiger partial charge in [-0.05, 0) is 24.9 Å². The third-order valence-corrected chi connectivity index (χ3v) is 2.79. The summed E-state index contributed by atoms with van der Waals surface area (Å²) in [7, 11) is 0. The van der Waals surface area contributed by atoms with E-state index in [2.05, 4.69) is 25.4 Å². The lowest BCUT2D eigenvalue weighted by atomic mass is 10.1. The molecule has 0 spiro atoms. The van der Waals surface area contributed by atoms with Crippen molar-refractivity contribution in [2.24, 2.45) is 5.92 Å². The van der Waals surface area contributed by atoms with Crippen LogP contribution < -0.4 is 5.32 Å². The molecule has 0 radical (unpaired) electrons. The summed E-state index contributed by atoms with van der Waals surface area (Å²) in [6, 6.07) is 1.60. The molecule has 9 heavy (non-hydrogen) atoms. The molecule has 1 N–H and O–H groups in total. The molecule has 0 bridgehead atoms. The third kappa shape index (κ3) is 1.87. The fraction of sp³-hybridized carbons (Fsp3) is 1.00. The van der Waals surface area contributed by atoms with E-state index in [9.17, 15) is 0 Å². The zero-order valence-corrected chi connectivity index (χ0v) is 7.16. The summed E-state index contributed by atoms with van der Waals surface area (Å²) in [5.74, 6) is 2.15. The molecule has 54 valence electrons. The summed E-state index contributed by atoms with van der Waals surface area (Å²) < 4.78 is 0. The first-order valence-corrected chi connectivity index (χ1v) is 4.90. The predicted octanol–water partition coefficient (Wildman–Crippen LogP) is 1.35. The van der Waals surface area contributed by atoms with Gasteiger partial charge in [-0.1, -0.05) is 6.92 Å². The van der Waals surface area contributed by atoms with Crippen molar-refractivity contribution in [3.8, 4) is 0 Å². The molecule has 1 nitrogen and oxygen atoms in total. The van der Waals surface area contributed by atoms with Gasteiger partial charge in [0.2, 0.25) is 0 Å². The van der Waals surface area contributed by atoms with Crippen LogP contribution in [0.15, 0.2) is 0 Å². The van der Waals surface area contributed by atoms with Crippen molar-refractivity contribution in [3.05, 3.63) is 0 Å². The summed E-state index contributed by atoms with van der Waals surface area (Å²) in [5, 5.41) is 3.40. The van der Waals surface area contributed by atoms with Crippen LogP contribution in [0.5, 0.6) is 0 Å². The minimum atomic E-state index is 0.784. The van der Waals surface area contributed by atoms with E-state index in [-0.39, 0.29) is 0 Å². The van der Waals surface area contributed by atoms with Crippen LogP contribution in [-0.4, -0.2) is 24.1 Å². The Kier molecular flexibility index (Phi) is 2.42. The van der Waals surface area contributed by atoms with Crippen molar-refractivity contribution in [1.82, 2.24) is 5.32 Å². The molecule has 3 atom stereocenters. The summed E-state index contributed by atoms with van der Waals surface area (Å²) >= 11 is 1.94. The smallest absolute Gasteiger partial charge is 0.0255 e. The maximum atomic E-state index is 3.40. The van der Waals surface area contributed by atoms with Crippen LogP contribution in [0.1, 0.15) is 13.8 Å². The van der Waals surface area contributed by atoms with E-state index in [1.807, 2.05) is 11.8 Å². The number of thioether (sulfide) groups is 1. The standard InChI is InChI=1S/C7H15NS/c1-5(4-9-3)7-6(2)8-7/h5-8H,4H2,1-3H3. The van der Waals surface area contributed by atoms with Gasteiger partial charge in [-0.2, -0.15) is 11.8 Å². The molecule has 2 heteroatoms. The molecule has 0 aromatic carbocycles. The number of hydrogen-bond acceptors (Lipinski definition) is 2. The third-order valence-electron chi connectivity index (χ3n) is 1.93. The molecule has 1 aliphatic rings. The summed E-state index contributed by atoms with van der Waals surface area (Å²) in [5.41, 5.74) is 0. The second kappa shape index (κ2) is 2.93. The average Bonchev–Trinajstić information content (AvgIpc) is 2.47. The highest BCUT2D eigenvalue weighted by atomic mass is 32.2. The summed E-state index contributed by atoms with van der Waals surface area (Å²) in [6.07, 6.45) is 2.17. The van der Waals surface area contributed by atoms with Gasteiger partial charge in [0.15, 0.2) is 0 Å². The van der Waals surface area contributed by atoms with Crippen LogP contribution in [0.4, 0.5) is 0 Å². The van der Waals surface area contributed by atoms with Gasteiger partial charge in [0.05, 0.1) is 0 Å². The van der Waals surface area contributed by atoms with Gasteiger partial charge in [-0.15, -0.1) is 0 Å². The van der Waals surface area contributed by atoms with E-state index in [1.165, 1.54) is 5.75 Å². The lowest BCUT2D eigenvalue weighted by Gasteiger charge is -2.04. The van der Waals surface area contributed by atoms with E-state index in [1.54, 1.807) is 0 Å². The van der Waals surface area contributed by atoms with Crippen molar-refractivity contribution in [2.45, 2.75) is 25.9 Å². The average molecular weight is 145 g/mol. The zero-order valence-electron chi connectivity index (χ0n) is 6.35. The second-order valence-electron chi connectivity index (χ2n) is 2.91. The Hall–Kier alpha value is 0.310. The largest absolute Gasteiger partial charge is 0.308 e. The van der Waals surface area contributed by atoms with Gasteiger partial charge in [0, 0.05) is 12.1 Å². The minimum Gasteiger partial charge on any atom is -0.308 e. The predicted molar refractivity (Wildman–Crippen MR) is 43.9 cm³/mol.